The van der Waals surface area contributed by atoms with E-state index in [2.05, 4.69) is 4.74 Å². The van der Waals surface area contributed by atoms with Gasteiger partial charge in [0.1, 0.15) is 6.61 Å². The Balaban J connectivity index is 2.03. The van der Waals surface area contributed by atoms with Gasteiger partial charge in [0.05, 0.1) is 6.61 Å². The zero-order valence-electron chi connectivity index (χ0n) is 7.47. The van der Waals surface area contributed by atoms with E-state index in [1.165, 1.54) is 0 Å². The topological polar surface area (TPSA) is 35.2 Å². The molecule has 2 nitrogen and oxygen atoms in total. The van der Waals surface area contributed by atoms with Crippen molar-refractivity contribution in [1.82, 2.24) is 0 Å². The maximum atomic E-state index is 11.6. The van der Waals surface area contributed by atoms with Crippen molar-refractivity contribution in [3.8, 4) is 0 Å². The molecule has 0 radical (unpaired) electrons. The maximum Gasteiger partial charge on any atom is 0.411 e. The average molecular weight is 197 g/mol. The fraction of sp³-hybridized carbons (Fsp3) is 1.00. The van der Waals surface area contributed by atoms with Gasteiger partial charge in [-0.1, -0.05) is 0 Å². The average Bonchev–Trinajstić information content (AvgIpc) is 2.63. The van der Waals surface area contributed by atoms with Crippen molar-refractivity contribution in [2.75, 3.05) is 13.2 Å². The monoisotopic (exact) mass is 197 g/mol. The van der Waals surface area contributed by atoms with Gasteiger partial charge >= 0.3 is 6.18 Å². The highest BCUT2D eigenvalue weighted by Crippen LogP contribution is 2.40. The van der Waals surface area contributed by atoms with E-state index in [4.69, 9.17) is 5.73 Å². The number of nitrogens with two attached hydrogens (primary N) is 1. The number of ether oxygens (including phenoxy) is 1. The van der Waals surface area contributed by atoms with E-state index >= 15 is 0 Å². The summed E-state index contributed by atoms with van der Waals surface area (Å²) < 4.78 is 39.4. The summed E-state index contributed by atoms with van der Waals surface area (Å²) in [5.41, 5.74) is 5.57. The normalized spacial score (nSPS) is 30.2. The molecule has 1 aliphatic carbocycles. The summed E-state index contributed by atoms with van der Waals surface area (Å²) >= 11 is 0. The van der Waals surface area contributed by atoms with Crippen LogP contribution in [0.5, 0.6) is 0 Å². The van der Waals surface area contributed by atoms with E-state index in [1.54, 1.807) is 0 Å². The van der Waals surface area contributed by atoms with E-state index in [1.807, 2.05) is 6.92 Å². The van der Waals surface area contributed by atoms with E-state index in [-0.39, 0.29) is 18.6 Å². The van der Waals surface area contributed by atoms with Crippen LogP contribution in [0.3, 0.4) is 0 Å². The summed E-state index contributed by atoms with van der Waals surface area (Å²) in [6.45, 7) is 0.912. The molecular weight excluding hydrogens is 183 g/mol. The van der Waals surface area contributed by atoms with Crippen LogP contribution in [0.4, 0.5) is 13.2 Å². The lowest BCUT2D eigenvalue weighted by molar-refractivity contribution is -0.175. The summed E-state index contributed by atoms with van der Waals surface area (Å²) in [4.78, 5) is 0. The third-order valence-corrected chi connectivity index (χ3v) is 2.25. The minimum Gasteiger partial charge on any atom is -0.372 e. The van der Waals surface area contributed by atoms with Gasteiger partial charge in [0, 0.05) is 6.04 Å². The molecule has 0 aliphatic heterocycles. The lowest BCUT2D eigenvalue weighted by atomic mass is 10.2. The molecule has 0 aromatic rings. The number of hydrogen-bond donors (Lipinski definition) is 1. The van der Waals surface area contributed by atoms with E-state index < -0.39 is 12.8 Å². The molecule has 0 amide bonds. The Hall–Kier alpha value is -0.290. The Bertz CT molecular complexity index is 169. The fourth-order valence-electron chi connectivity index (χ4n) is 1.43. The molecule has 5 heteroatoms. The van der Waals surface area contributed by atoms with Crippen LogP contribution in [-0.4, -0.2) is 25.4 Å². The third-order valence-electron chi connectivity index (χ3n) is 2.25. The molecule has 1 rings (SSSR count). The van der Waals surface area contributed by atoms with Crippen molar-refractivity contribution in [2.24, 2.45) is 17.6 Å². The summed E-state index contributed by atoms with van der Waals surface area (Å²) in [7, 11) is 0. The van der Waals surface area contributed by atoms with Gasteiger partial charge in [-0.25, -0.2) is 0 Å². The van der Waals surface area contributed by atoms with E-state index in [0.29, 0.717) is 5.92 Å². The second-order valence-electron chi connectivity index (χ2n) is 3.65. The van der Waals surface area contributed by atoms with Crippen molar-refractivity contribution in [3.05, 3.63) is 0 Å². The Morgan fingerprint density at radius 1 is 1.54 bits per heavy atom. The standard InChI is InChI=1S/C8H14F3NO/c1-5(12)7-2-6(7)3-13-4-8(9,10)11/h5-7H,2-4,12H2,1H3. The van der Waals surface area contributed by atoms with Gasteiger partial charge < -0.3 is 10.5 Å². The first-order chi connectivity index (χ1) is 5.90. The molecule has 1 saturated carbocycles. The zero-order valence-corrected chi connectivity index (χ0v) is 7.47. The molecule has 0 spiro atoms. The first-order valence-corrected chi connectivity index (χ1v) is 4.30. The molecule has 0 heterocycles. The lowest BCUT2D eigenvalue weighted by Crippen LogP contribution is -2.21. The smallest absolute Gasteiger partial charge is 0.372 e. The van der Waals surface area contributed by atoms with Crippen LogP contribution >= 0.6 is 0 Å². The molecule has 1 fully saturated rings. The van der Waals surface area contributed by atoms with Crippen LogP contribution < -0.4 is 5.73 Å². The second-order valence-corrected chi connectivity index (χ2v) is 3.65. The van der Waals surface area contributed by atoms with Gasteiger partial charge in [-0.2, -0.15) is 13.2 Å². The van der Waals surface area contributed by atoms with Crippen molar-refractivity contribution in [2.45, 2.75) is 25.6 Å². The molecule has 1 aliphatic rings. The summed E-state index contributed by atoms with van der Waals surface area (Å²) in [6.07, 6.45) is -3.31. The number of halogens is 3. The molecular formula is C8H14F3NO. The molecule has 0 aromatic carbocycles. The Morgan fingerprint density at radius 2 is 2.15 bits per heavy atom. The summed E-state index contributed by atoms with van der Waals surface area (Å²) in [5.74, 6) is 0.593. The minimum atomic E-state index is -4.21. The first kappa shape index (κ1) is 10.8. The Labute approximate surface area is 75.2 Å². The van der Waals surface area contributed by atoms with Gasteiger partial charge in [-0.05, 0) is 25.2 Å². The van der Waals surface area contributed by atoms with Gasteiger partial charge in [0.25, 0.3) is 0 Å². The molecule has 3 unspecified atom stereocenters. The van der Waals surface area contributed by atoms with Crippen molar-refractivity contribution < 1.29 is 17.9 Å². The predicted octanol–water partition coefficient (Wildman–Crippen LogP) is 1.55. The molecule has 2 N–H and O–H groups in total. The van der Waals surface area contributed by atoms with E-state index in [0.717, 1.165) is 6.42 Å². The first-order valence-electron chi connectivity index (χ1n) is 4.30. The minimum absolute atomic E-state index is 0.0690. The van der Waals surface area contributed by atoms with E-state index in [9.17, 15) is 13.2 Å². The lowest BCUT2D eigenvalue weighted by Gasteiger charge is -2.07. The zero-order chi connectivity index (χ0) is 10.1. The molecule has 0 bridgehead atoms. The molecule has 13 heavy (non-hydrogen) atoms. The third kappa shape index (κ3) is 3.95. The van der Waals surface area contributed by atoms with Gasteiger partial charge in [-0.15, -0.1) is 0 Å². The molecule has 3 atom stereocenters. The van der Waals surface area contributed by atoms with Crippen molar-refractivity contribution >= 4 is 0 Å². The number of alkyl halides is 3. The highest BCUT2D eigenvalue weighted by molar-refractivity contribution is 4.91. The summed E-state index contributed by atoms with van der Waals surface area (Å²) in [6, 6.07) is 0.0690. The largest absolute Gasteiger partial charge is 0.411 e. The van der Waals surface area contributed by atoms with Crippen LogP contribution in [0.15, 0.2) is 0 Å². The van der Waals surface area contributed by atoms with Crippen molar-refractivity contribution in [3.63, 3.8) is 0 Å². The maximum absolute atomic E-state index is 11.6. The second kappa shape index (κ2) is 3.84. The van der Waals surface area contributed by atoms with Crippen LogP contribution in [0, 0.1) is 11.8 Å². The SMILES string of the molecule is CC(N)C1CC1COCC(F)(F)F. The van der Waals surface area contributed by atoms with Gasteiger partial charge in [-0.3, -0.25) is 0 Å². The van der Waals surface area contributed by atoms with Crippen LogP contribution in [-0.2, 0) is 4.74 Å². The molecule has 78 valence electrons. The van der Waals surface area contributed by atoms with Crippen molar-refractivity contribution in [1.29, 1.82) is 0 Å². The van der Waals surface area contributed by atoms with Gasteiger partial charge in [0.2, 0.25) is 0 Å². The molecule has 0 aromatic heterocycles. The predicted molar refractivity (Wildman–Crippen MR) is 42.1 cm³/mol. The van der Waals surface area contributed by atoms with Gasteiger partial charge in [0.15, 0.2) is 0 Å². The number of rotatable bonds is 4. The Morgan fingerprint density at radius 3 is 2.54 bits per heavy atom. The fourth-order valence-corrected chi connectivity index (χ4v) is 1.43. The van der Waals surface area contributed by atoms with Crippen LogP contribution in [0.25, 0.3) is 0 Å². The van der Waals surface area contributed by atoms with Crippen LogP contribution in [0.2, 0.25) is 0 Å². The number of hydrogen-bond acceptors (Lipinski definition) is 2. The highest BCUT2D eigenvalue weighted by Gasteiger charge is 2.40. The quantitative estimate of drug-likeness (QED) is 0.742. The Kier molecular flexibility index (Phi) is 3.18. The molecule has 0 saturated heterocycles. The van der Waals surface area contributed by atoms with Crippen LogP contribution in [0.1, 0.15) is 13.3 Å². The highest BCUT2D eigenvalue weighted by atomic mass is 19.4. The summed E-state index contributed by atoms with van der Waals surface area (Å²) in [5, 5.41) is 0.